The van der Waals surface area contributed by atoms with Crippen LogP contribution in [0, 0.1) is 0 Å². The largest absolute Gasteiger partial charge is 0.497 e. The summed E-state index contributed by atoms with van der Waals surface area (Å²) in [4.78, 5) is 4.35. The van der Waals surface area contributed by atoms with Crippen LogP contribution in [0.5, 0.6) is 5.75 Å². The number of aromatic nitrogens is 4. The minimum Gasteiger partial charge on any atom is -0.497 e. The highest BCUT2D eigenvalue weighted by atomic mass is 16.5. The van der Waals surface area contributed by atoms with Crippen LogP contribution >= 0.6 is 0 Å². The van der Waals surface area contributed by atoms with Crippen molar-refractivity contribution in [3.8, 4) is 5.75 Å². The van der Waals surface area contributed by atoms with Crippen molar-refractivity contribution >= 4 is 5.69 Å². The number of rotatable bonds is 5. The highest BCUT2D eigenvalue weighted by molar-refractivity contribution is 5.31. The number of ether oxygens (including phenoxy) is 1. The normalized spacial score (nSPS) is 10.7. The first-order valence-electron chi connectivity index (χ1n) is 6.45. The van der Waals surface area contributed by atoms with Gasteiger partial charge in [0.2, 0.25) is 5.89 Å². The molecule has 7 nitrogen and oxygen atoms in total. The third kappa shape index (κ3) is 3.19. The van der Waals surface area contributed by atoms with E-state index in [1.165, 1.54) is 0 Å². The summed E-state index contributed by atoms with van der Waals surface area (Å²) in [6.07, 6.45) is 3.88. The van der Waals surface area contributed by atoms with Crippen LogP contribution in [0.1, 0.15) is 17.3 Å². The Bertz CT molecular complexity index is 734. The third-order valence-corrected chi connectivity index (χ3v) is 2.96. The first-order chi connectivity index (χ1) is 10.2. The quantitative estimate of drug-likeness (QED) is 0.763. The first-order valence-corrected chi connectivity index (χ1v) is 6.45. The molecule has 108 valence electrons. The van der Waals surface area contributed by atoms with Crippen molar-refractivity contribution in [1.82, 2.24) is 19.9 Å². The summed E-state index contributed by atoms with van der Waals surface area (Å²) < 4.78 is 12.1. The lowest BCUT2D eigenvalue weighted by Crippen LogP contribution is -2.00. The van der Waals surface area contributed by atoms with Gasteiger partial charge in [-0.1, -0.05) is 17.3 Å². The zero-order chi connectivity index (χ0) is 14.7. The molecule has 3 rings (SSSR count). The van der Waals surface area contributed by atoms with Crippen LogP contribution in [-0.4, -0.2) is 27.0 Å². The van der Waals surface area contributed by atoms with E-state index in [9.17, 15) is 0 Å². The van der Waals surface area contributed by atoms with Gasteiger partial charge in [0.1, 0.15) is 12.3 Å². The molecule has 2 heterocycles. The Labute approximate surface area is 121 Å². The Morgan fingerprint density at radius 1 is 1.38 bits per heavy atom. The van der Waals surface area contributed by atoms with Crippen molar-refractivity contribution in [3.05, 3.63) is 53.9 Å². The molecule has 0 fully saturated rings. The summed E-state index contributed by atoms with van der Waals surface area (Å²) >= 11 is 0. The molecule has 3 aromatic rings. The van der Waals surface area contributed by atoms with Crippen molar-refractivity contribution in [2.75, 3.05) is 12.8 Å². The Hall–Kier alpha value is -2.83. The maximum atomic E-state index is 5.61. The first kappa shape index (κ1) is 13.2. The van der Waals surface area contributed by atoms with Crippen LogP contribution < -0.4 is 10.5 Å². The smallest absolute Gasteiger partial charge is 0.248 e. The molecule has 0 spiro atoms. The summed E-state index contributed by atoms with van der Waals surface area (Å²) in [5, 5.41) is 8.04. The molecule has 0 bridgehead atoms. The van der Waals surface area contributed by atoms with Gasteiger partial charge in [-0.15, -0.1) is 0 Å². The summed E-state index contributed by atoms with van der Waals surface area (Å²) in [5.41, 5.74) is 7.27. The van der Waals surface area contributed by atoms with E-state index >= 15 is 0 Å². The second kappa shape index (κ2) is 5.66. The van der Waals surface area contributed by atoms with Gasteiger partial charge in [0.25, 0.3) is 0 Å². The van der Waals surface area contributed by atoms with Gasteiger partial charge < -0.3 is 15.0 Å². The fraction of sp³-hybridized carbons (Fsp3) is 0.214. The fourth-order valence-electron chi connectivity index (χ4n) is 2.00. The van der Waals surface area contributed by atoms with E-state index in [-0.39, 0.29) is 0 Å². The number of hydrogen-bond donors (Lipinski definition) is 1. The zero-order valence-corrected chi connectivity index (χ0v) is 11.6. The molecule has 1 aromatic carbocycles. The van der Waals surface area contributed by atoms with E-state index in [0.29, 0.717) is 30.4 Å². The Morgan fingerprint density at radius 2 is 2.29 bits per heavy atom. The lowest BCUT2D eigenvalue weighted by molar-refractivity contribution is 0.362. The van der Waals surface area contributed by atoms with Crippen LogP contribution in [0.4, 0.5) is 5.69 Å². The van der Waals surface area contributed by atoms with Gasteiger partial charge in [-0.05, 0) is 17.7 Å². The molecule has 0 aliphatic rings. The molecule has 0 unspecified atom stereocenters. The van der Waals surface area contributed by atoms with Crippen molar-refractivity contribution in [2.45, 2.75) is 13.0 Å². The lowest BCUT2D eigenvalue weighted by atomic mass is 10.1. The Kier molecular flexibility index (Phi) is 3.55. The highest BCUT2D eigenvalue weighted by Crippen LogP contribution is 2.15. The van der Waals surface area contributed by atoms with Crippen molar-refractivity contribution in [2.24, 2.45) is 0 Å². The maximum absolute atomic E-state index is 5.61. The molecule has 0 radical (unpaired) electrons. The number of hydrogen-bond acceptors (Lipinski definition) is 6. The van der Waals surface area contributed by atoms with Gasteiger partial charge >= 0.3 is 0 Å². The summed E-state index contributed by atoms with van der Waals surface area (Å²) in [6.45, 7) is 0.405. The monoisotopic (exact) mass is 285 g/mol. The van der Waals surface area contributed by atoms with Crippen LogP contribution in [-0.2, 0) is 13.0 Å². The van der Waals surface area contributed by atoms with Crippen LogP contribution in [0.25, 0.3) is 0 Å². The molecular weight excluding hydrogens is 270 g/mol. The Morgan fingerprint density at radius 3 is 3.05 bits per heavy atom. The number of nitrogen functional groups attached to an aromatic ring is 1. The van der Waals surface area contributed by atoms with E-state index in [1.807, 2.05) is 24.3 Å². The predicted molar refractivity (Wildman–Crippen MR) is 75.8 cm³/mol. The summed E-state index contributed by atoms with van der Waals surface area (Å²) in [6, 6.07) is 7.77. The number of benzene rings is 1. The van der Waals surface area contributed by atoms with Gasteiger partial charge in [-0.2, -0.15) is 10.1 Å². The summed E-state index contributed by atoms with van der Waals surface area (Å²) in [7, 11) is 1.64. The van der Waals surface area contributed by atoms with E-state index in [0.717, 1.165) is 11.3 Å². The topological polar surface area (TPSA) is 92.0 Å². The van der Waals surface area contributed by atoms with E-state index in [1.54, 1.807) is 24.2 Å². The molecule has 0 saturated carbocycles. The molecule has 7 heteroatoms. The lowest BCUT2D eigenvalue weighted by Gasteiger charge is -2.01. The molecule has 2 N–H and O–H groups in total. The second-order valence-electron chi connectivity index (χ2n) is 4.60. The second-order valence-corrected chi connectivity index (χ2v) is 4.60. The minimum absolute atomic E-state index is 0.405. The van der Waals surface area contributed by atoms with E-state index in [4.69, 9.17) is 15.0 Å². The molecule has 0 atom stereocenters. The average molecular weight is 285 g/mol. The SMILES string of the molecule is COc1cccc(Cc2noc(Cn3cc(N)cn3)n2)c1. The van der Waals surface area contributed by atoms with Crippen LogP contribution in [0.2, 0.25) is 0 Å². The average Bonchev–Trinajstić information content (AvgIpc) is 3.09. The Balaban J connectivity index is 1.69. The van der Waals surface area contributed by atoms with E-state index in [2.05, 4.69) is 15.2 Å². The fourth-order valence-corrected chi connectivity index (χ4v) is 2.00. The van der Waals surface area contributed by atoms with Crippen molar-refractivity contribution in [1.29, 1.82) is 0 Å². The molecule has 0 aliphatic carbocycles. The third-order valence-electron chi connectivity index (χ3n) is 2.96. The van der Waals surface area contributed by atoms with Crippen LogP contribution in [0.15, 0.2) is 41.2 Å². The summed E-state index contributed by atoms with van der Waals surface area (Å²) in [5.74, 6) is 1.93. The standard InChI is InChI=1S/C14H15N5O2/c1-20-12-4-2-3-10(5-12)6-13-17-14(21-18-13)9-19-8-11(15)7-16-19/h2-5,7-8H,6,9,15H2,1H3. The number of methoxy groups -OCH3 is 1. The number of nitrogens with two attached hydrogens (primary N) is 1. The molecular formula is C14H15N5O2. The minimum atomic E-state index is 0.405. The van der Waals surface area contributed by atoms with Gasteiger partial charge in [0.15, 0.2) is 5.82 Å². The molecule has 0 amide bonds. The van der Waals surface area contributed by atoms with E-state index < -0.39 is 0 Å². The molecule has 0 aliphatic heterocycles. The van der Waals surface area contributed by atoms with Gasteiger partial charge in [-0.25, -0.2) is 0 Å². The molecule has 2 aromatic heterocycles. The van der Waals surface area contributed by atoms with Gasteiger partial charge in [0.05, 0.1) is 19.0 Å². The predicted octanol–water partition coefficient (Wildman–Crippen LogP) is 1.50. The maximum Gasteiger partial charge on any atom is 0.248 e. The van der Waals surface area contributed by atoms with Gasteiger partial charge in [0, 0.05) is 12.6 Å². The number of nitrogens with zero attached hydrogens (tertiary/aromatic N) is 4. The van der Waals surface area contributed by atoms with Crippen molar-refractivity contribution in [3.63, 3.8) is 0 Å². The highest BCUT2D eigenvalue weighted by Gasteiger charge is 2.09. The molecule has 0 saturated heterocycles. The van der Waals surface area contributed by atoms with Crippen molar-refractivity contribution < 1.29 is 9.26 Å². The zero-order valence-electron chi connectivity index (χ0n) is 11.6. The number of anilines is 1. The molecule has 21 heavy (non-hydrogen) atoms. The van der Waals surface area contributed by atoms with Gasteiger partial charge in [-0.3, -0.25) is 4.68 Å². The van der Waals surface area contributed by atoms with Crippen LogP contribution in [0.3, 0.4) is 0 Å².